The summed E-state index contributed by atoms with van der Waals surface area (Å²) in [5, 5.41) is 6.38. The van der Waals surface area contributed by atoms with Crippen molar-refractivity contribution < 1.29 is 18.8 Å². The minimum Gasteiger partial charge on any atom is -0.455 e. The summed E-state index contributed by atoms with van der Waals surface area (Å²) in [7, 11) is 0. The predicted octanol–water partition coefficient (Wildman–Crippen LogP) is 3.72. The second-order valence-electron chi connectivity index (χ2n) is 6.28. The van der Waals surface area contributed by atoms with E-state index in [1.165, 1.54) is 0 Å². The number of aromatic nitrogens is 1. The number of nitrogens with zero attached hydrogens (tertiary/aromatic N) is 1. The van der Waals surface area contributed by atoms with Gasteiger partial charge < -0.3 is 9.26 Å². The maximum atomic E-state index is 11.9. The summed E-state index contributed by atoms with van der Waals surface area (Å²) in [5.74, 6) is -0.984. The first kappa shape index (κ1) is 17.8. The number of carbonyl (C=O) groups is 2. The van der Waals surface area contributed by atoms with Crippen molar-refractivity contribution in [3.05, 3.63) is 35.9 Å². The molecule has 1 atom stereocenters. The van der Waals surface area contributed by atoms with E-state index in [4.69, 9.17) is 32.5 Å². The molecule has 1 saturated carbocycles. The van der Waals surface area contributed by atoms with Crippen molar-refractivity contribution in [3.8, 4) is 11.3 Å². The summed E-state index contributed by atoms with van der Waals surface area (Å²) >= 11 is 11.8. The minimum absolute atomic E-state index is 0.165. The third-order valence-corrected chi connectivity index (χ3v) is 5.26. The van der Waals surface area contributed by atoms with Crippen molar-refractivity contribution in [2.75, 3.05) is 11.9 Å². The first-order chi connectivity index (χ1) is 11.7. The van der Waals surface area contributed by atoms with Crippen molar-refractivity contribution in [1.29, 1.82) is 0 Å². The number of aryl methyl sites for hydroxylation is 1. The zero-order valence-electron chi connectivity index (χ0n) is 13.6. The van der Waals surface area contributed by atoms with E-state index < -0.39 is 28.2 Å². The van der Waals surface area contributed by atoms with Crippen molar-refractivity contribution >= 4 is 41.0 Å². The number of carbonyl (C=O) groups excluding carboxylic acids is 2. The third kappa shape index (κ3) is 3.65. The largest absolute Gasteiger partial charge is 0.455 e. The number of halogens is 2. The van der Waals surface area contributed by atoms with Crippen molar-refractivity contribution in [2.24, 2.45) is 5.41 Å². The smallest absolute Gasteiger partial charge is 0.315 e. The molecular formula is C17H16Cl2N2O4. The predicted molar refractivity (Wildman–Crippen MR) is 93.4 cm³/mol. The molecule has 1 amide bonds. The lowest BCUT2D eigenvalue weighted by atomic mass is 10.1. The molecule has 132 valence electrons. The number of rotatable bonds is 5. The van der Waals surface area contributed by atoms with Crippen LogP contribution in [0.3, 0.4) is 0 Å². The van der Waals surface area contributed by atoms with Gasteiger partial charge in [-0.05, 0) is 13.8 Å². The van der Waals surface area contributed by atoms with Crippen LogP contribution < -0.4 is 5.32 Å². The van der Waals surface area contributed by atoms with Crippen LogP contribution >= 0.6 is 23.2 Å². The van der Waals surface area contributed by atoms with Gasteiger partial charge in [-0.15, -0.1) is 23.2 Å². The maximum absolute atomic E-state index is 11.9. The Hall–Kier alpha value is -2.05. The minimum atomic E-state index is -1.13. The quantitative estimate of drug-likeness (QED) is 0.629. The Morgan fingerprint density at radius 3 is 2.56 bits per heavy atom. The molecule has 0 saturated heterocycles. The van der Waals surface area contributed by atoms with Crippen LogP contribution in [0.1, 0.15) is 18.9 Å². The van der Waals surface area contributed by atoms with E-state index in [0.29, 0.717) is 12.1 Å². The summed E-state index contributed by atoms with van der Waals surface area (Å²) < 4.78 is 8.91. The molecule has 1 aliphatic rings. The average molecular weight is 383 g/mol. The van der Waals surface area contributed by atoms with Gasteiger partial charge in [0.15, 0.2) is 6.61 Å². The zero-order chi connectivity index (χ0) is 18.2. The lowest BCUT2D eigenvalue weighted by molar-refractivity contribution is -0.152. The van der Waals surface area contributed by atoms with Crippen LogP contribution in [0.2, 0.25) is 0 Å². The molecule has 6 nitrogen and oxygen atoms in total. The van der Waals surface area contributed by atoms with Crippen LogP contribution in [0.15, 0.2) is 34.9 Å². The average Bonchev–Trinajstić information content (AvgIpc) is 2.88. The number of hydrogen-bond donors (Lipinski definition) is 1. The fraction of sp³-hybridized carbons (Fsp3) is 0.353. The van der Waals surface area contributed by atoms with Gasteiger partial charge in [0.05, 0.1) is 0 Å². The molecule has 0 unspecified atom stereocenters. The Labute approximate surface area is 154 Å². The monoisotopic (exact) mass is 382 g/mol. The highest BCUT2D eigenvalue weighted by molar-refractivity contribution is 6.53. The first-order valence-corrected chi connectivity index (χ1v) is 8.35. The molecule has 1 N–H and O–H groups in total. The van der Waals surface area contributed by atoms with E-state index in [0.717, 1.165) is 11.1 Å². The summed E-state index contributed by atoms with van der Waals surface area (Å²) in [5.41, 5.74) is 1.61. The maximum Gasteiger partial charge on any atom is 0.315 e. The lowest BCUT2D eigenvalue weighted by Gasteiger charge is -2.11. The molecule has 8 heteroatoms. The second kappa shape index (κ2) is 6.35. The molecule has 2 aromatic rings. The van der Waals surface area contributed by atoms with E-state index in [2.05, 4.69) is 10.5 Å². The van der Waals surface area contributed by atoms with Gasteiger partial charge in [0.1, 0.15) is 15.4 Å². The topological polar surface area (TPSA) is 81.4 Å². The lowest BCUT2D eigenvalue weighted by Crippen LogP contribution is -2.26. The van der Waals surface area contributed by atoms with Crippen LogP contribution in [0, 0.1) is 12.3 Å². The standard InChI is InChI=1S/C17H16Cl2N2O4/c1-10-3-5-11(6-4-10)12-7-14(25-21-12)20-13(22)8-24-15(23)16(2)9-17(16,18)19/h3-7H,8-9H2,1-2H3,(H,20,22)/t16-/m0/s1. The van der Waals surface area contributed by atoms with Crippen LogP contribution in [0.25, 0.3) is 11.3 Å². The van der Waals surface area contributed by atoms with Gasteiger partial charge in [-0.1, -0.05) is 35.0 Å². The molecule has 1 aromatic heterocycles. The number of hydrogen-bond acceptors (Lipinski definition) is 5. The van der Waals surface area contributed by atoms with Gasteiger partial charge in [0.25, 0.3) is 5.91 Å². The van der Waals surface area contributed by atoms with Crippen LogP contribution in [-0.2, 0) is 14.3 Å². The number of nitrogens with one attached hydrogen (secondary N) is 1. The fourth-order valence-corrected chi connectivity index (χ4v) is 2.97. The van der Waals surface area contributed by atoms with Gasteiger partial charge in [-0.3, -0.25) is 14.9 Å². The summed E-state index contributed by atoms with van der Waals surface area (Å²) in [4.78, 5) is 23.8. The van der Waals surface area contributed by atoms with E-state index >= 15 is 0 Å². The van der Waals surface area contributed by atoms with Gasteiger partial charge in [-0.2, -0.15) is 0 Å². The van der Waals surface area contributed by atoms with Gasteiger partial charge in [0.2, 0.25) is 5.88 Å². The van der Waals surface area contributed by atoms with Gasteiger partial charge in [-0.25, -0.2) is 0 Å². The first-order valence-electron chi connectivity index (χ1n) is 7.60. The van der Waals surface area contributed by atoms with Crippen molar-refractivity contribution in [2.45, 2.75) is 24.6 Å². The summed E-state index contributed by atoms with van der Waals surface area (Å²) in [6.45, 7) is 3.12. The number of esters is 1. The molecule has 0 spiro atoms. The van der Waals surface area contributed by atoms with Crippen LogP contribution in [0.4, 0.5) is 5.88 Å². The van der Waals surface area contributed by atoms with E-state index in [1.807, 2.05) is 31.2 Å². The fourth-order valence-electron chi connectivity index (χ4n) is 2.28. The highest BCUT2D eigenvalue weighted by Gasteiger charge is 2.69. The number of alkyl halides is 2. The number of ether oxygens (including phenoxy) is 1. The number of anilines is 1. The van der Waals surface area contributed by atoms with Gasteiger partial charge in [0, 0.05) is 18.1 Å². The highest BCUT2D eigenvalue weighted by atomic mass is 35.5. The van der Waals surface area contributed by atoms with Crippen LogP contribution in [-0.4, -0.2) is 28.0 Å². The molecule has 1 heterocycles. The molecule has 3 rings (SSSR count). The second-order valence-corrected chi connectivity index (χ2v) is 7.76. The summed E-state index contributed by atoms with van der Waals surface area (Å²) in [6, 6.07) is 9.31. The van der Waals surface area contributed by atoms with Crippen molar-refractivity contribution in [3.63, 3.8) is 0 Å². The normalized spacial score (nSPS) is 20.8. The molecule has 1 aliphatic carbocycles. The molecule has 0 radical (unpaired) electrons. The molecule has 0 bridgehead atoms. The Balaban J connectivity index is 1.54. The summed E-state index contributed by atoms with van der Waals surface area (Å²) in [6.07, 6.45) is 0.297. The molecule has 25 heavy (non-hydrogen) atoms. The Morgan fingerprint density at radius 1 is 1.32 bits per heavy atom. The van der Waals surface area contributed by atoms with E-state index in [-0.39, 0.29) is 5.88 Å². The molecular weight excluding hydrogens is 367 g/mol. The molecule has 1 aromatic carbocycles. The number of amides is 1. The van der Waals surface area contributed by atoms with Crippen LogP contribution in [0.5, 0.6) is 0 Å². The Kier molecular flexibility index (Phi) is 4.51. The molecule has 0 aliphatic heterocycles. The molecule has 1 fully saturated rings. The zero-order valence-corrected chi connectivity index (χ0v) is 15.1. The Morgan fingerprint density at radius 2 is 1.96 bits per heavy atom. The third-order valence-electron chi connectivity index (χ3n) is 4.16. The SMILES string of the molecule is Cc1ccc(-c2cc(NC(=O)COC(=O)[C@]3(C)CC3(Cl)Cl)on2)cc1. The van der Waals surface area contributed by atoms with E-state index in [1.54, 1.807) is 13.0 Å². The van der Waals surface area contributed by atoms with Gasteiger partial charge >= 0.3 is 5.97 Å². The highest BCUT2D eigenvalue weighted by Crippen LogP contribution is 2.64. The van der Waals surface area contributed by atoms with Crippen molar-refractivity contribution in [1.82, 2.24) is 5.16 Å². The Bertz CT molecular complexity index is 816. The van der Waals surface area contributed by atoms with E-state index in [9.17, 15) is 9.59 Å². The number of benzene rings is 1.